The van der Waals surface area contributed by atoms with Crippen LogP contribution < -0.4 is 9.47 Å². The van der Waals surface area contributed by atoms with Crippen LogP contribution in [-0.4, -0.2) is 27.1 Å². The zero-order valence-electron chi connectivity index (χ0n) is 14.1. The number of hydrogen-bond donors (Lipinski definition) is 1. The van der Waals surface area contributed by atoms with Gasteiger partial charge < -0.3 is 14.6 Å². The lowest BCUT2D eigenvalue weighted by Gasteiger charge is -2.31. The first kappa shape index (κ1) is 24.8. The Bertz CT molecular complexity index is 720. The molecule has 12 heteroatoms. The molecule has 1 aromatic rings. The monoisotopic (exact) mass is 534 g/mol. The van der Waals surface area contributed by atoms with Crippen LogP contribution in [0.4, 0.5) is 13.2 Å². The van der Waals surface area contributed by atoms with Gasteiger partial charge in [0.1, 0.15) is 6.10 Å². The molecule has 1 unspecified atom stereocenters. The molecule has 0 radical (unpaired) electrons. The van der Waals surface area contributed by atoms with E-state index in [4.69, 9.17) is 56.2 Å². The molecule has 0 spiro atoms. The minimum absolute atomic E-state index is 0.0470. The average Bonchev–Trinajstić information content (AvgIpc) is 2.44. The van der Waals surface area contributed by atoms with Gasteiger partial charge in [-0.25, -0.2) is 0 Å². The smallest absolute Gasteiger partial charge is 0.446 e. The Morgan fingerprint density at radius 3 is 2.19 bits per heavy atom. The van der Waals surface area contributed by atoms with Crippen LogP contribution in [0.2, 0.25) is 5.02 Å². The van der Waals surface area contributed by atoms with E-state index >= 15 is 0 Å². The molecule has 0 aliphatic heterocycles. The molecule has 0 aromatic heterocycles. The van der Waals surface area contributed by atoms with Gasteiger partial charge in [0, 0.05) is 0 Å². The molecule has 0 amide bonds. The predicted molar refractivity (Wildman–Crippen MR) is 101 cm³/mol. The molecule has 0 saturated carbocycles. The van der Waals surface area contributed by atoms with E-state index < -0.39 is 56.1 Å². The van der Waals surface area contributed by atoms with Crippen molar-refractivity contribution >= 4 is 68.3 Å². The summed E-state index contributed by atoms with van der Waals surface area (Å²) < 4.78 is 49.0. The van der Waals surface area contributed by atoms with Crippen LogP contribution in [0.15, 0.2) is 10.5 Å². The highest BCUT2D eigenvalue weighted by Gasteiger charge is 2.54. The first-order chi connectivity index (χ1) is 12.0. The number of ether oxygens (including phenoxy) is 2. The molecule has 27 heavy (non-hydrogen) atoms. The first-order valence-corrected chi connectivity index (χ1v) is 9.47. The minimum Gasteiger partial charge on any atom is -0.485 e. The number of rotatable bonds is 6. The van der Waals surface area contributed by atoms with Crippen LogP contribution in [0.5, 0.6) is 11.5 Å². The first-order valence-electron chi connectivity index (χ1n) is 7.17. The van der Waals surface area contributed by atoms with Gasteiger partial charge in [0.15, 0.2) is 11.5 Å². The molecule has 0 saturated heterocycles. The van der Waals surface area contributed by atoms with Gasteiger partial charge in [-0.05, 0) is 27.4 Å². The van der Waals surface area contributed by atoms with E-state index in [-0.39, 0.29) is 4.47 Å². The Kier molecular flexibility index (Phi) is 7.90. The lowest BCUT2D eigenvalue weighted by atomic mass is 9.87. The van der Waals surface area contributed by atoms with Gasteiger partial charge >= 0.3 is 12.1 Å². The average molecular weight is 537 g/mol. The predicted octanol–water partition coefficient (Wildman–Crippen LogP) is 6.85. The largest absolute Gasteiger partial charge is 0.485 e. The lowest BCUT2D eigenvalue weighted by molar-refractivity contribution is -0.173. The topological polar surface area (TPSA) is 55.8 Å². The second-order valence-electron chi connectivity index (χ2n) is 6.50. The summed E-state index contributed by atoms with van der Waals surface area (Å²) in [7, 11) is 0. The summed E-state index contributed by atoms with van der Waals surface area (Å²) in [5.41, 5.74) is -0.730. The number of benzene rings is 1. The zero-order chi connectivity index (χ0) is 21.4. The number of alkyl halides is 5. The van der Waals surface area contributed by atoms with Crippen molar-refractivity contribution in [3.8, 4) is 11.5 Å². The van der Waals surface area contributed by atoms with E-state index in [0.717, 1.165) is 6.07 Å². The summed E-state index contributed by atoms with van der Waals surface area (Å²) in [6.45, 7) is 4.99. The van der Waals surface area contributed by atoms with E-state index in [1.165, 1.54) is 0 Å². The Morgan fingerprint density at radius 2 is 1.78 bits per heavy atom. The maximum atomic E-state index is 14.8. The van der Waals surface area contributed by atoms with Crippen LogP contribution in [-0.2, 0) is 4.79 Å². The van der Waals surface area contributed by atoms with Gasteiger partial charge in [0.25, 0.3) is 3.79 Å². The number of halogens is 8. The van der Waals surface area contributed by atoms with Gasteiger partial charge in [-0.2, -0.15) is 13.2 Å². The van der Waals surface area contributed by atoms with Crippen molar-refractivity contribution in [2.45, 2.75) is 43.2 Å². The molecule has 0 aliphatic rings. The van der Waals surface area contributed by atoms with E-state index in [1.807, 2.05) is 0 Å². The number of carbonyl (C=O) groups is 1. The summed E-state index contributed by atoms with van der Waals surface area (Å²) in [5, 5.41) is 8.48. The van der Waals surface area contributed by atoms with E-state index in [1.54, 1.807) is 20.8 Å². The van der Waals surface area contributed by atoms with Gasteiger partial charge in [-0.3, -0.25) is 4.79 Å². The zero-order valence-corrected chi connectivity index (χ0v) is 18.7. The van der Waals surface area contributed by atoms with Crippen LogP contribution in [0, 0.1) is 11.2 Å². The molecule has 0 aliphatic carbocycles. The van der Waals surface area contributed by atoms with Gasteiger partial charge in [-0.15, -0.1) is 0 Å². The summed E-state index contributed by atoms with van der Waals surface area (Å²) in [6.07, 6.45) is -5.90. The second-order valence-corrected chi connectivity index (χ2v) is 10.0. The second kappa shape index (κ2) is 8.61. The van der Waals surface area contributed by atoms with Crippen molar-refractivity contribution < 1.29 is 32.5 Å². The Balaban J connectivity index is 3.40. The lowest BCUT2D eigenvalue weighted by Crippen LogP contribution is -2.40. The fourth-order valence-electron chi connectivity index (χ4n) is 1.77. The third-order valence-corrected chi connectivity index (χ3v) is 4.76. The summed E-state index contributed by atoms with van der Waals surface area (Å²) in [5.74, 6) is -4.30. The van der Waals surface area contributed by atoms with Crippen molar-refractivity contribution in [2.75, 3.05) is 0 Å². The van der Waals surface area contributed by atoms with E-state index in [9.17, 15) is 18.0 Å². The number of carboxylic acid groups (broad SMARTS) is 1. The minimum atomic E-state index is -4.42. The number of hydrogen-bond acceptors (Lipinski definition) is 3. The Labute approximate surface area is 181 Å². The van der Waals surface area contributed by atoms with Crippen LogP contribution in [0.3, 0.4) is 0 Å². The quantitative estimate of drug-likeness (QED) is 0.404. The van der Waals surface area contributed by atoms with Crippen molar-refractivity contribution in [1.82, 2.24) is 0 Å². The van der Waals surface area contributed by atoms with Gasteiger partial charge in [-0.1, -0.05) is 67.2 Å². The molecular formula is C15H14BrCl4F3O4. The molecule has 1 N–H and O–H groups in total. The number of carboxylic acids is 1. The normalized spacial score (nSPS) is 14.0. The molecule has 1 aromatic carbocycles. The third kappa shape index (κ3) is 6.35. The van der Waals surface area contributed by atoms with Gasteiger partial charge in [0.05, 0.1) is 15.9 Å². The molecule has 0 bridgehead atoms. The van der Waals surface area contributed by atoms with Crippen molar-refractivity contribution in [1.29, 1.82) is 0 Å². The van der Waals surface area contributed by atoms with Crippen LogP contribution in [0.1, 0.15) is 27.2 Å². The van der Waals surface area contributed by atoms with E-state index in [0.29, 0.717) is 0 Å². The van der Waals surface area contributed by atoms with Gasteiger partial charge in [0.2, 0.25) is 5.82 Å². The highest BCUT2D eigenvalue weighted by atomic mass is 79.9. The fourth-order valence-corrected chi connectivity index (χ4v) is 2.74. The SMILES string of the molecule is CC(C)(C)C(CC(=O)O)Oc1c(Br)cc(Cl)c(OC(F)(F)C(Cl)(Cl)Cl)c1F. The highest BCUT2D eigenvalue weighted by molar-refractivity contribution is 9.10. The number of aliphatic carboxylic acids is 1. The maximum Gasteiger partial charge on any atom is 0.446 e. The highest BCUT2D eigenvalue weighted by Crippen LogP contribution is 2.48. The molecule has 4 nitrogen and oxygen atoms in total. The van der Waals surface area contributed by atoms with Crippen molar-refractivity contribution in [3.63, 3.8) is 0 Å². The summed E-state index contributed by atoms with van der Waals surface area (Å²) in [6, 6.07) is 1.03. The van der Waals surface area contributed by atoms with Crippen molar-refractivity contribution in [3.05, 3.63) is 21.4 Å². The maximum absolute atomic E-state index is 14.8. The molecule has 154 valence electrons. The molecule has 1 rings (SSSR count). The fraction of sp³-hybridized carbons (Fsp3) is 0.533. The Morgan fingerprint density at radius 1 is 1.26 bits per heavy atom. The summed E-state index contributed by atoms with van der Waals surface area (Å²) in [4.78, 5) is 11.1. The van der Waals surface area contributed by atoms with Crippen LogP contribution >= 0.6 is 62.3 Å². The van der Waals surface area contributed by atoms with E-state index in [2.05, 4.69) is 20.7 Å². The third-order valence-electron chi connectivity index (χ3n) is 3.23. The Hall–Kier alpha value is -0.280. The molecule has 1 atom stereocenters. The standard InChI is InChI=1S/C15H14BrCl4F3O4/c1-13(2,3)8(5-9(24)25)26-11-6(16)4-7(17)12(10(11)21)27-15(22,23)14(18,19)20/h4,8H,5H2,1-3H3,(H,24,25). The molecule has 0 heterocycles. The summed E-state index contributed by atoms with van der Waals surface area (Å²) >= 11 is 24.2. The van der Waals surface area contributed by atoms with Crippen LogP contribution in [0.25, 0.3) is 0 Å². The molecule has 0 fully saturated rings. The molecular weight excluding hydrogens is 523 g/mol. The van der Waals surface area contributed by atoms with Crippen molar-refractivity contribution in [2.24, 2.45) is 5.41 Å².